The maximum atomic E-state index is 13.0. The molecule has 2 rings (SSSR count). The molecule has 0 amide bonds. The average molecular weight is 208 g/mol. The van der Waals surface area contributed by atoms with Gasteiger partial charge in [0, 0.05) is 18.3 Å². The van der Waals surface area contributed by atoms with Gasteiger partial charge < -0.3 is 10.2 Å². The molecule has 0 saturated heterocycles. The maximum Gasteiger partial charge on any atom is 0.123 e. The molecule has 0 radical (unpaired) electrons. The molecule has 1 aromatic carbocycles. The summed E-state index contributed by atoms with van der Waals surface area (Å²) in [4.78, 5) is 2.17. The van der Waals surface area contributed by atoms with Crippen LogP contribution in [0.3, 0.4) is 0 Å². The van der Waals surface area contributed by atoms with Crippen LogP contribution in [0, 0.1) is 5.82 Å². The van der Waals surface area contributed by atoms with Gasteiger partial charge in [-0.25, -0.2) is 4.39 Å². The molecule has 0 aromatic heterocycles. The molecule has 0 fully saturated rings. The van der Waals surface area contributed by atoms with Crippen LogP contribution in [0.25, 0.3) is 0 Å². The summed E-state index contributed by atoms with van der Waals surface area (Å²) >= 11 is 0. The predicted octanol–water partition coefficient (Wildman–Crippen LogP) is 2.11. The van der Waals surface area contributed by atoms with Crippen molar-refractivity contribution in [2.24, 2.45) is 0 Å². The Balaban J connectivity index is 2.10. The molecule has 1 heterocycles. The number of anilines is 1. The first kappa shape index (κ1) is 10.4. The van der Waals surface area contributed by atoms with E-state index in [1.807, 2.05) is 6.07 Å². The Morgan fingerprint density at radius 1 is 1.47 bits per heavy atom. The van der Waals surface area contributed by atoms with Crippen LogP contribution in [0.1, 0.15) is 12.0 Å². The number of hydrogen-bond donors (Lipinski definition) is 1. The Morgan fingerprint density at radius 2 is 2.27 bits per heavy atom. The molecule has 1 atom stereocenters. The van der Waals surface area contributed by atoms with Crippen LogP contribution >= 0.6 is 0 Å². The zero-order valence-corrected chi connectivity index (χ0v) is 9.26. The first-order valence-corrected chi connectivity index (χ1v) is 5.35. The summed E-state index contributed by atoms with van der Waals surface area (Å²) < 4.78 is 13.0. The number of benzene rings is 1. The van der Waals surface area contributed by atoms with Crippen LogP contribution in [-0.2, 0) is 6.42 Å². The van der Waals surface area contributed by atoms with Gasteiger partial charge in [-0.15, -0.1) is 0 Å². The zero-order valence-electron chi connectivity index (χ0n) is 9.26. The molecule has 0 saturated carbocycles. The summed E-state index contributed by atoms with van der Waals surface area (Å²) in [6.45, 7) is 1.02. The van der Waals surface area contributed by atoms with Crippen LogP contribution in [0.5, 0.6) is 0 Å². The minimum Gasteiger partial charge on any atom is -0.381 e. The van der Waals surface area contributed by atoms with Gasteiger partial charge in [-0.1, -0.05) is 0 Å². The van der Waals surface area contributed by atoms with Crippen LogP contribution < -0.4 is 5.32 Å². The number of fused-ring (bicyclic) bond motifs is 1. The first-order valence-electron chi connectivity index (χ1n) is 5.35. The van der Waals surface area contributed by atoms with Crippen molar-refractivity contribution >= 4 is 5.69 Å². The van der Waals surface area contributed by atoms with Crippen LogP contribution in [0.15, 0.2) is 18.2 Å². The Kier molecular flexibility index (Phi) is 2.91. The highest BCUT2D eigenvalue weighted by Gasteiger charge is 2.18. The van der Waals surface area contributed by atoms with Crippen molar-refractivity contribution < 1.29 is 4.39 Å². The molecule has 1 aliphatic heterocycles. The molecule has 0 spiro atoms. The lowest BCUT2D eigenvalue weighted by atomic mass is 9.98. The normalized spacial score (nSPS) is 19.9. The fourth-order valence-electron chi connectivity index (χ4n) is 2.11. The molecule has 2 nitrogen and oxygen atoms in total. The third-order valence-corrected chi connectivity index (χ3v) is 2.77. The fraction of sp³-hybridized carbons (Fsp3) is 0.500. The van der Waals surface area contributed by atoms with Crippen molar-refractivity contribution in [1.29, 1.82) is 0 Å². The molecule has 82 valence electrons. The predicted molar refractivity (Wildman–Crippen MR) is 60.7 cm³/mol. The SMILES string of the molecule is CN(C)CC1CCc2cc(F)ccc2N1. The highest BCUT2D eigenvalue weighted by atomic mass is 19.1. The molecule has 1 aliphatic rings. The van der Waals surface area contributed by atoms with E-state index < -0.39 is 0 Å². The molecule has 15 heavy (non-hydrogen) atoms. The van der Waals surface area contributed by atoms with E-state index in [4.69, 9.17) is 0 Å². The van der Waals surface area contributed by atoms with Gasteiger partial charge >= 0.3 is 0 Å². The summed E-state index contributed by atoms with van der Waals surface area (Å²) in [7, 11) is 4.14. The van der Waals surface area contributed by atoms with Crippen LogP contribution in [0.4, 0.5) is 10.1 Å². The molecule has 3 heteroatoms. The van der Waals surface area contributed by atoms with E-state index in [9.17, 15) is 4.39 Å². The monoisotopic (exact) mass is 208 g/mol. The van der Waals surface area contributed by atoms with E-state index in [0.717, 1.165) is 30.6 Å². The fourth-order valence-corrected chi connectivity index (χ4v) is 2.11. The van der Waals surface area contributed by atoms with Crippen molar-refractivity contribution in [3.63, 3.8) is 0 Å². The van der Waals surface area contributed by atoms with Crippen molar-refractivity contribution in [2.75, 3.05) is 26.0 Å². The van der Waals surface area contributed by atoms with E-state index in [1.165, 1.54) is 6.07 Å². The van der Waals surface area contributed by atoms with Gasteiger partial charge in [0.25, 0.3) is 0 Å². The summed E-state index contributed by atoms with van der Waals surface area (Å²) in [5.41, 5.74) is 2.19. The average Bonchev–Trinajstić information content (AvgIpc) is 2.17. The van der Waals surface area contributed by atoms with Crippen molar-refractivity contribution in [2.45, 2.75) is 18.9 Å². The smallest absolute Gasteiger partial charge is 0.123 e. The molecule has 0 bridgehead atoms. The number of aryl methyl sites for hydroxylation is 1. The second kappa shape index (κ2) is 4.19. The minimum absolute atomic E-state index is 0.137. The van der Waals surface area contributed by atoms with Crippen molar-refractivity contribution in [3.8, 4) is 0 Å². The van der Waals surface area contributed by atoms with Gasteiger partial charge in [0.05, 0.1) is 0 Å². The van der Waals surface area contributed by atoms with Gasteiger partial charge in [0.1, 0.15) is 5.82 Å². The second-order valence-electron chi connectivity index (χ2n) is 4.44. The lowest BCUT2D eigenvalue weighted by Gasteiger charge is -2.29. The van der Waals surface area contributed by atoms with Gasteiger partial charge in [-0.2, -0.15) is 0 Å². The molecule has 0 aliphatic carbocycles. The number of hydrogen-bond acceptors (Lipinski definition) is 2. The Bertz CT molecular complexity index is 349. The van der Waals surface area contributed by atoms with E-state index >= 15 is 0 Å². The number of likely N-dealkylation sites (N-methyl/N-ethyl adjacent to an activating group) is 1. The Labute approximate surface area is 90.1 Å². The second-order valence-corrected chi connectivity index (χ2v) is 4.44. The third-order valence-electron chi connectivity index (χ3n) is 2.77. The minimum atomic E-state index is -0.137. The van der Waals surface area contributed by atoms with Gasteiger partial charge in [-0.3, -0.25) is 0 Å². The number of nitrogens with one attached hydrogen (secondary N) is 1. The first-order chi connectivity index (χ1) is 7.15. The molecular formula is C12H17FN2. The van der Waals surface area contributed by atoms with Gasteiger partial charge in [0.2, 0.25) is 0 Å². The lowest BCUT2D eigenvalue weighted by molar-refractivity contribution is 0.371. The highest BCUT2D eigenvalue weighted by Crippen LogP contribution is 2.25. The summed E-state index contributed by atoms with van der Waals surface area (Å²) in [5, 5.41) is 3.45. The van der Waals surface area contributed by atoms with E-state index in [0.29, 0.717) is 6.04 Å². The summed E-state index contributed by atoms with van der Waals surface area (Å²) in [5.74, 6) is -0.137. The Hall–Kier alpha value is -1.09. The standard InChI is InChI=1S/C12H17FN2/c1-15(2)8-11-5-3-9-7-10(13)4-6-12(9)14-11/h4,6-7,11,14H,3,5,8H2,1-2H3. The third kappa shape index (κ3) is 2.48. The van der Waals surface area contributed by atoms with Crippen LogP contribution in [0.2, 0.25) is 0 Å². The van der Waals surface area contributed by atoms with Gasteiger partial charge in [-0.05, 0) is 50.7 Å². The topological polar surface area (TPSA) is 15.3 Å². The molecule has 1 unspecified atom stereocenters. The zero-order chi connectivity index (χ0) is 10.8. The van der Waals surface area contributed by atoms with E-state index in [1.54, 1.807) is 6.07 Å². The Morgan fingerprint density at radius 3 is 3.00 bits per heavy atom. The van der Waals surface area contributed by atoms with Crippen molar-refractivity contribution in [1.82, 2.24) is 4.90 Å². The number of rotatable bonds is 2. The summed E-state index contributed by atoms with van der Waals surface area (Å²) in [6.07, 6.45) is 2.05. The lowest BCUT2D eigenvalue weighted by Crippen LogP contribution is -2.35. The largest absolute Gasteiger partial charge is 0.381 e. The number of nitrogens with zero attached hydrogens (tertiary/aromatic N) is 1. The molecule has 1 aromatic rings. The van der Waals surface area contributed by atoms with Crippen LogP contribution in [-0.4, -0.2) is 31.6 Å². The number of halogens is 1. The summed E-state index contributed by atoms with van der Waals surface area (Å²) in [6, 6.07) is 5.47. The van der Waals surface area contributed by atoms with Crippen molar-refractivity contribution in [3.05, 3.63) is 29.6 Å². The van der Waals surface area contributed by atoms with E-state index in [-0.39, 0.29) is 5.82 Å². The highest BCUT2D eigenvalue weighted by molar-refractivity contribution is 5.54. The molecule has 1 N–H and O–H groups in total. The quantitative estimate of drug-likeness (QED) is 0.800. The van der Waals surface area contributed by atoms with E-state index in [2.05, 4.69) is 24.3 Å². The molecular weight excluding hydrogens is 191 g/mol. The maximum absolute atomic E-state index is 13.0. The van der Waals surface area contributed by atoms with Gasteiger partial charge in [0.15, 0.2) is 0 Å².